The monoisotopic (exact) mass is 438 g/mol. The molecule has 2 unspecified atom stereocenters. The number of nitrogens with zero attached hydrogens (tertiary/aromatic N) is 5. The number of thiazole rings is 1. The van der Waals surface area contributed by atoms with Crippen LogP contribution < -0.4 is 5.32 Å². The van der Waals surface area contributed by atoms with Gasteiger partial charge < -0.3 is 15.4 Å². The predicted octanol–water partition coefficient (Wildman–Crippen LogP) is 4.04. The van der Waals surface area contributed by atoms with Gasteiger partial charge in [0.1, 0.15) is 0 Å². The highest BCUT2D eigenvalue weighted by Gasteiger charge is 2.62. The summed E-state index contributed by atoms with van der Waals surface area (Å²) in [6, 6.07) is 6.09. The van der Waals surface area contributed by atoms with Crippen molar-refractivity contribution < 1.29 is 9.72 Å². The number of aromatic nitrogens is 4. The van der Waals surface area contributed by atoms with Crippen LogP contribution in [0.3, 0.4) is 0 Å². The van der Waals surface area contributed by atoms with Gasteiger partial charge in [-0.1, -0.05) is 22.4 Å². The third kappa shape index (κ3) is 2.88. The minimum absolute atomic E-state index is 0.0244. The molecular formula is C21H22N6O3S. The van der Waals surface area contributed by atoms with Crippen molar-refractivity contribution in [3.8, 4) is 0 Å². The second kappa shape index (κ2) is 6.32. The maximum Gasteiger partial charge on any atom is 0.490 e. The third-order valence-electron chi connectivity index (χ3n) is 7.41. The SMILES string of the molecule is Cc1ccc2nc(NC(=O)C34C[C@H]5C[C@@H](C3)CC(n3cnc([N+](=O)[O-])n3)(C5)C4)sc2c1. The van der Waals surface area contributed by atoms with E-state index in [-0.39, 0.29) is 17.4 Å². The summed E-state index contributed by atoms with van der Waals surface area (Å²) in [6.45, 7) is 2.04. The number of benzene rings is 1. The second-order valence-corrected chi connectivity index (χ2v) is 10.7. The van der Waals surface area contributed by atoms with Crippen molar-refractivity contribution in [3.05, 3.63) is 40.2 Å². The summed E-state index contributed by atoms with van der Waals surface area (Å²) < 4.78 is 2.75. The molecule has 4 atom stereocenters. The van der Waals surface area contributed by atoms with E-state index in [4.69, 9.17) is 0 Å². The van der Waals surface area contributed by atoms with Gasteiger partial charge in [-0.2, -0.15) is 4.68 Å². The van der Waals surface area contributed by atoms with E-state index in [1.807, 2.05) is 19.1 Å². The topological polar surface area (TPSA) is 116 Å². The fourth-order valence-electron chi connectivity index (χ4n) is 6.63. The van der Waals surface area contributed by atoms with Crippen LogP contribution in [-0.2, 0) is 10.3 Å². The van der Waals surface area contributed by atoms with Crippen LogP contribution in [0.1, 0.15) is 44.1 Å². The summed E-state index contributed by atoms with van der Waals surface area (Å²) >= 11 is 1.50. The number of hydrogen-bond acceptors (Lipinski definition) is 7. The molecule has 1 aromatic carbocycles. The Hall–Kier alpha value is -2.88. The zero-order valence-electron chi connectivity index (χ0n) is 17.1. The van der Waals surface area contributed by atoms with E-state index >= 15 is 0 Å². The first-order valence-corrected chi connectivity index (χ1v) is 11.4. The zero-order valence-corrected chi connectivity index (χ0v) is 17.9. The van der Waals surface area contributed by atoms with E-state index in [1.54, 1.807) is 4.68 Å². The average molecular weight is 439 g/mol. The first-order chi connectivity index (χ1) is 14.8. The van der Waals surface area contributed by atoms with Gasteiger partial charge in [0.05, 0.1) is 21.2 Å². The fraction of sp³-hybridized carbons (Fsp3) is 0.524. The molecule has 4 bridgehead atoms. The molecule has 2 aromatic heterocycles. The summed E-state index contributed by atoms with van der Waals surface area (Å²) in [5.74, 6) is 0.497. The van der Waals surface area contributed by atoms with Crippen LogP contribution >= 0.6 is 11.3 Å². The number of nitro groups is 1. The lowest BCUT2D eigenvalue weighted by molar-refractivity contribution is -0.394. The number of rotatable bonds is 4. The smallest absolute Gasteiger partial charge is 0.390 e. The lowest BCUT2D eigenvalue weighted by atomic mass is 9.46. The normalized spacial score (nSPS) is 31.3. The number of anilines is 1. The molecular weight excluding hydrogens is 416 g/mol. The summed E-state index contributed by atoms with van der Waals surface area (Å²) in [6.07, 6.45) is 6.76. The molecule has 0 aliphatic heterocycles. The summed E-state index contributed by atoms with van der Waals surface area (Å²) in [4.78, 5) is 32.6. The Bertz CT molecular complexity index is 1220. The molecule has 31 heavy (non-hydrogen) atoms. The molecule has 4 fully saturated rings. The number of hydrogen-bond donors (Lipinski definition) is 1. The van der Waals surface area contributed by atoms with Gasteiger partial charge in [0.15, 0.2) is 5.13 Å². The van der Waals surface area contributed by atoms with Gasteiger partial charge in [0.2, 0.25) is 12.2 Å². The molecule has 0 saturated heterocycles. The van der Waals surface area contributed by atoms with Crippen LogP contribution in [0.25, 0.3) is 10.2 Å². The molecule has 4 saturated carbocycles. The summed E-state index contributed by atoms with van der Waals surface area (Å²) in [5.41, 5.74) is 1.20. The Balaban J connectivity index is 1.32. The minimum atomic E-state index is -0.561. The maximum absolute atomic E-state index is 13.6. The average Bonchev–Trinajstić information content (AvgIpc) is 3.34. The van der Waals surface area contributed by atoms with Gasteiger partial charge in [-0.25, -0.2) is 4.98 Å². The lowest BCUT2D eigenvalue weighted by Gasteiger charge is -2.60. The molecule has 0 radical (unpaired) electrons. The number of fused-ring (bicyclic) bond motifs is 1. The lowest BCUT2D eigenvalue weighted by Crippen LogP contribution is -2.60. The standard InChI is InChI=1S/C21H22N6O3S/c1-12-2-3-15-16(4-12)31-19(23-15)24-17(28)20-6-13-5-14(7-20)9-21(8-13,10-20)26-11-22-18(25-26)27(29)30/h2-4,11,13-14H,5-10H2,1H3,(H,23,24,28)/t13-,14+,20?,21?. The largest absolute Gasteiger partial charge is 0.490 e. The van der Waals surface area contributed by atoms with E-state index in [0.29, 0.717) is 23.4 Å². The predicted molar refractivity (Wildman–Crippen MR) is 115 cm³/mol. The van der Waals surface area contributed by atoms with Crippen LogP contribution in [0.15, 0.2) is 24.5 Å². The quantitative estimate of drug-likeness (QED) is 0.485. The molecule has 1 N–H and O–H groups in total. The van der Waals surface area contributed by atoms with Gasteiger partial charge in [-0.15, -0.1) is 0 Å². The molecule has 10 heteroatoms. The molecule has 4 aliphatic carbocycles. The number of carbonyl (C=O) groups is 1. The Morgan fingerprint density at radius 2 is 2.06 bits per heavy atom. The molecule has 1 amide bonds. The molecule has 160 valence electrons. The van der Waals surface area contributed by atoms with Crippen LogP contribution in [0.4, 0.5) is 11.1 Å². The van der Waals surface area contributed by atoms with E-state index in [1.165, 1.54) is 23.2 Å². The highest BCUT2D eigenvalue weighted by Crippen LogP contribution is 2.64. The van der Waals surface area contributed by atoms with Gasteiger partial charge in [-0.3, -0.25) is 4.79 Å². The van der Waals surface area contributed by atoms with Crippen molar-refractivity contribution in [3.63, 3.8) is 0 Å². The second-order valence-electron chi connectivity index (χ2n) is 9.66. The van der Waals surface area contributed by atoms with E-state index in [2.05, 4.69) is 26.4 Å². The van der Waals surface area contributed by atoms with Crippen molar-refractivity contribution in [2.24, 2.45) is 17.3 Å². The van der Waals surface area contributed by atoms with Crippen molar-refractivity contribution >= 4 is 38.5 Å². The first kappa shape index (κ1) is 18.9. The number of amides is 1. The summed E-state index contributed by atoms with van der Waals surface area (Å²) in [7, 11) is 0. The Morgan fingerprint density at radius 3 is 2.77 bits per heavy atom. The van der Waals surface area contributed by atoms with Crippen molar-refractivity contribution in [2.75, 3.05) is 5.32 Å². The number of aryl methyl sites for hydroxylation is 1. The van der Waals surface area contributed by atoms with Gasteiger partial charge >= 0.3 is 5.95 Å². The Labute approximate surface area is 182 Å². The highest BCUT2D eigenvalue weighted by atomic mass is 32.1. The van der Waals surface area contributed by atoms with E-state index in [0.717, 1.165) is 42.3 Å². The van der Waals surface area contributed by atoms with Crippen LogP contribution in [-0.4, -0.2) is 30.6 Å². The fourth-order valence-corrected chi connectivity index (χ4v) is 7.59. The van der Waals surface area contributed by atoms with E-state index < -0.39 is 10.3 Å². The van der Waals surface area contributed by atoms with Crippen LogP contribution in [0.2, 0.25) is 0 Å². The van der Waals surface area contributed by atoms with Crippen LogP contribution in [0, 0.1) is 34.3 Å². The zero-order chi connectivity index (χ0) is 21.4. The maximum atomic E-state index is 13.6. The molecule has 7 rings (SSSR count). The van der Waals surface area contributed by atoms with Gasteiger partial charge in [-0.05, 0) is 79.9 Å². The Kier molecular flexibility index (Phi) is 3.84. The van der Waals surface area contributed by atoms with Crippen molar-refractivity contribution in [1.29, 1.82) is 0 Å². The molecule has 2 heterocycles. The van der Waals surface area contributed by atoms with Gasteiger partial charge in [0.25, 0.3) is 0 Å². The number of carbonyl (C=O) groups excluding carboxylic acids is 1. The highest BCUT2D eigenvalue weighted by molar-refractivity contribution is 7.22. The van der Waals surface area contributed by atoms with Gasteiger partial charge in [0, 0.05) is 5.10 Å². The first-order valence-electron chi connectivity index (χ1n) is 10.6. The van der Waals surface area contributed by atoms with Crippen LogP contribution in [0.5, 0.6) is 0 Å². The third-order valence-corrected chi connectivity index (χ3v) is 8.34. The van der Waals surface area contributed by atoms with Crippen molar-refractivity contribution in [2.45, 2.75) is 51.0 Å². The molecule has 9 nitrogen and oxygen atoms in total. The number of nitrogens with one attached hydrogen (secondary N) is 1. The van der Waals surface area contributed by atoms with Crippen molar-refractivity contribution in [1.82, 2.24) is 19.7 Å². The molecule has 3 aromatic rings. The minimum Gasteiger partial charge on any atom is -0.390 e. The Morgan fingerprint density at radius 1 is 1.29 bits per heavy atom. The molecule has 4 aliphatic rings. The van der Waals surface area contributed by atoms with E-state index in [9.17, 15) is 14.9 Å². The molecule has 0 spiro atoms. The summed E-state index contributed by atoms with van der Waals surface area (Å²) in [5, 5.41) is 19.0.